The van der Waals surface area contributed by atoms with E-state index in [9.17, 15) is 0 Å². The maximum absolute atomic E-state index is 6.03. The molecule has 1 heterocycles. The van der Waals surface area contributed by atoms with Gasteiger partial charge < -0.3 is 15.0 Å². The number of aromatic nitrogens is 1. The van der Waals surface area contributed by atoms with Gasteiger partial charge in [0.25, 0.3) is 5.88 Å². The lowest BCUT2D eigenvalue weighted by Crippen LogP contribution is -2.11. The molecule has 2 N–H and O–H groups in total. The summed E-state index contributed by atoms with van der Waals surface area (Å²) in [4.78, 5) is 0. The minimum Gasteiger partial charge on any atom is -0.471 e. The molecule has 0 fully saturated rings. The summed E-state index contributed by atoms with van der Waals surface area (Å²) in [6, 6.07) is 11.6. The Morgan fingerprint density at radius 1 is 1.26 bits per heavy atom. The van der Waals surface area contributed by atoms with E-state index in [1.807, 2.05) is 30.3 Å². The van der Waals surface area contributed by atoms with Crippen molar-refractivity contribution in [2.24, 2.45) is 11.7 Å². The van der Waals surface area contributed by atoms with Crippen molar-refractivity contribution >= 4 is 0 Å². The first-order chi connectivity index (χ1) is 9.15. The first-order valence-electron chi connectivity index (χ1n) is 6.54. The normalized spacial score (nSPS) is 12.6. The van der Waals surface area contributed by atoms with E-state index in [-0.39, 0.29) is 6.04 Å². The zero-order valence-corrected chi connectivity index (χ0v) is 11.4. The maximum Gasteiger partial charge on any atom is 0.254 e. The van der Waals surface area contributed by atoms with Crippen LogP contribution in [0.15, 0.2) is 40.9 Å². The Labute approximate surface area is 113 Å². The molecule has 0 amide bonds. The zero-order chi connectivity index (χ0) is 13.7. The van der Waals surface area contributed by atoms with Gasteiger partial charge in [0, 0.05) is 6.07 Å². The summed E-state index contributed by atoms with van der Waals surface area (Å²) in [5.74, 6) is 1.68. The molecule has 0 unspecified atom stereocenters. The van der Waals surface area contributed by atoms with Crippen LogP contribution in [0.3, 0.4) is 0 Å². The molecule has 102 valence electrons. The lowest BCUT2D eigenvalue weighted by Gasteiger charge is -2.09. The molecule has 0 aliphatic rings. The molecule has 19 heavy (non-hydrogen) atoms. The third-order valence-electron chi connectivity index (χ3n) is 2.83. The van der Waals surface area contributed by atoms with Crippen LogP contribution in [-0.2, 0) is 6.61 Å². The van der Waals surface area contributed by atoms with Crippen LogP contribution in [-0.4, -0.2) is 5.16 Å². The number of hydrogen-bond donors (Lipinski definition) is 1. The van der Waals surface area contributed by atoms with Gasteiger partial charge in [0.2, 0.25) is 0 Å². The Morgan fingerprint density at radius 2 is 2.00 bits per heavy atom. The molecule has 2 rings (SSSR count). The van der Waals surface area contributed by atoms with Gasteiger partial charge in [0.05, 0.1) is 6.04 Å². The van der Waals surface area contributed by atoms with Crippen LogP contribution in [0.25, 0.3) is 0 Å². The van der Waals surface area contributed by atoms with E-state index >= 15 is 0 Å². The van der Waals surface area contributed by atoms with Gasteiger partial charge in [-0.05, 0) is 23.1 Å². The van der Waals surface area contributed by atoms with Gasteiger partial charge in [-0.1, -0.05) is 44.2 Å². The van der Waals surface area contributed by atoms with Gasteiger partial charge in [0.1, 0.15) is 6.61 Å². The van der Waals surface area contributed by atoms with Crippen LogP contribution in [0, 0.1) is 5.92 Å². The minimum atomic E-state index is -0.124. The zero-order valence-electron chi connectivity index (χ0n) is 11.4. The summed E-state index contributed by atoms with van der Waals surface area (Å²) in [5.41, 5.74) is 7.12. The van der Waals surface area contributed by atoms with Gasteiger partial charge in [-0.15, -0.1) is 0 Å². The average molecular weight is 260 g/mol. The second kappa shape index (κ2) is 6.38. The average Bonchev–Trinajstić information content (AvgIpc) is 2.86. The fraction of sp³-hybridized carbons (Fsp3) is 0.400. The fourth-order valence-corrected chi connectivity index (χ4v) is 1.87. The van der Waals surface area contributed by atoms with Crippen molar-refractivity contribution in [2.45, 2.75) is 32.9 Å². The third kappa shape index (κ3) is 4.10. The smallest absolute Gasteiger partial charge is 0.254 e. The number of nitrogens with two attached hydrogens (primary N) is 1. The van der Waals surface area contributed by atoms with Crippen LogP contribution < -0.4 is 10.5 Å². The van der Waals surface area contributed by atoms with E-state index < -0.39 is 0 Å². The molecule has 0 aliphatic heterocycles. The van der Waals surface area contributed by atoms with Crippen molar-refractivity contribution in [3.05, 3.63) is 47.7 Å². The third-order valence-corrected chi connectivity index (χ3v) is 2.83. The summed E-state index contributed by atoms with van der Waals surface area (Å²) in [5, 5.41) is 3.88. The second-order valence-electron chi connectivity index (χ2n) is 5.08. The predicted molar refractivity (Wildman–Crippen MR) is 73.7 cm³/mol. The number of ether oxygens (including phenoxy) is 1. The minimum absolute atomic E-state index is 0.124. The van der Waals surface area contributed by atoms with Crippen LogP contribution in [0.1, 0.15) is 37.6 Å². The highest BCUT2D eigenvalue weighted by molar-refractivity contribution is 5.17. The number of hydrogen-bond acceptors (Lipinski definition) is 4. The van der Waals surface area contributed by atoms with Gasteiger partial charge in [-0.3, -0.25) is 0 Å². The van der Waals surface area contributed by atoms with E-state index in [0.29, 0.717) is 24.2 Å². The molecule has 1 aromatic heterocycles. The monoisotopic (exact) mass is 260 g/mol. The number of benzene rings is 1. The lowest BCUT2D eigenvalue weighted by molar-refractivity contribution is 0.262. The standard InChI is InChI=1S/C15H20N2O2/c1-11(2)8-13(16)14-9-15(17-19-14)18-10-12-6-4-3-5-7-12/h3-7,9,11,13H,8,10,16H2,1-2H3/t13-/m0/s1. The molecule has 0 aliphatic carbocycles. The van der Waals surface area contributed by atoms with E-state index in [4.69, 9.17) is 15.0 Å². The Hall–Kier alpha value is -1.81. The molecular weight excluding hydrogens is 240 g/mol. The first-order valence-corrected chi connectivity index (χ1v) is 6.54. The first kappa shape index (κ1) is 13.6. The van der Waals surface area contributed by atoms with Gasteiger partial charge in [-0.2, -0.15) is 0 Å². The molecular formula is C15H20N2O2. The van der Waals surface area contributed by atoms with Crippen LogP contribution in [0.5, 0.6) is 5.88 Å². The molecule has 0 spiro atoms. The van der Waals surface area contributed by atoms with Crippen molar-refractivity contribution < 1.29 is 9.26 Å². The SMILES string of the molecule is CC(C)C[C@H](N)c1cc(OCc2ccccc2)no1. The summed E-state index contributed by atoms with van der Waals surface area (Å²) in [6.07, 6.45) is 0.868. The van der Waals surface area contributed by atoms with E-state index in [1.165, 1.54) is 0 Å². The van der Waals surface area contributed by atoms with E-state index in [0.717, 1.165) is 12.0 Å². The van der Waals surface area contributed by atoms with Crippen LogP contribution in [0.4, 0.5) is 0 Å². The summed E-state index contributed by atoms with van der Waals surface area (Å²) >= 11 is 0. The molecule has 2 aromatic rings. The Kier molecular flexibility index (Phi) is 4.58. The molecule has 1 aromatic carbocycles. The Morgan fingerprint density at radius 3 is 2.68 bits per heavy atom. The predicted octanol–water partition coefficient (Wildman–Crippen LogP) is 3.30. The van der Waals surface area contributed by atoms with Crippen molar-refractivity contribution in [1.82, 2.24) is 5.16 Å². The summed E-state index contributed by atoms with van der Waals surface area (Å²) in [6.45, 7) is 4.73. The number of nitrogens with zero attached hydrogens (tertiary/aromatic N) is 1. The molecule has 0 saturated carbocycles. The molecule has 0 radical (unpaired) electrons. The highest BCUT2D eigenvalue weighted by Gasteiger charge is 2.14. The lowest BCUT2D eigenvalue weighted by atomic mass is 10.0. The van der Waals surface area contributed by atoms with Crippen LogP contribution >= 0.6 is 0 Å². The summed E-state index contributed by atoms with van der Waals surface area (Å²) in [7, 11) is 0. The Bertz CT molecular complexity index is 494. The molecule has 0 saturated heterocycles. The quantitative estimate of drug-likeness (QED) is 0.865. The van der Waals surface area contributed by atoms with Crippen molar-refractivity contribution in [3.8, 4) is 5.88 Å². The van der Waals surface area contributed by atoms with Crippen molar-refractivity contribution in [1.29, 1.82) is 0 Å². The highest BCUT2D eigenvalue weighted by Crippen LogP contribution is 2.22. The highest BCUT2D eigenvalue weighted by atomic mass is 16.5. The second-order valence-corrected chi connectivity index (χ2v) is 5.08. The molecule has 4 heteroatoms. The fourth-order valence-electron chi connectivity index (χ4n) is 1.87. The van der Waals surface area contributed by atoms with E-state index in [1.54, 1.807) is 6.07 Å². The van der Waals surface area contributed by atoms with Crippen molar-refractivity contribution in [3.63, 3.8) is 0 Å². The maximum atomic E-state index is 6.03. The summed E-state index contributed by atoms with van der Waals surface area (Å²) < 4.78 is 10.8. The van der Waals surface area contributed by atoms with Crippen molar-refractivity contribution in [2.75, 3.05) is 0 Å². The number of rotatable bonds is 6. The molecule has 0 bridgehead atoms. The van der Waals surface area contributed by atoms with Gasteiger partial charge in [-0.25, -0.2) is 0 Å². The molecule has 4 nitrogen and oxygen atoms in total. The van der Waals surface area contributed by atoms with Crippen LogP contribution in [0.2, 0.25) is 0 Å². The van der Waals surface area contributed by atoms with E-state index in [2.05, 4.69) is 19.0 Å². The van der Waals surface area contributed by atoms with Gasteiger partial charge >= 0.3 is 0 Å². The molecule has 1 atom stereocenters. The van der Waals surface area contributed by atoms with Gasteiger partial charge in [0.15, 0.2) is 5.76 Å². The Balaban J connectivity index is 1.90. The largest absolute Gasteiger partial charge is 0.471 e. The topological polar surface area (TPSA) is 61.3 Å².